The van der Waals surface area contributed by atoms with Crippen LogP contribution < -0.4 is 5.32 Å². The smallest absolute Gasteiger partial charge is 0.00114 e. The van der Waals surface area contributed by atoms with Crippen molar-refractivity contribution in [2.75, 3.05) is 13.1 Å². The molecule has 0 saturated carbocycles. The van der Waals surface area contributed by atoms with Gasteiger partial charge >= 0.3 is 0 Å². The Morgan fingerprint density at radius 2 is 1.73 bits per heavy atom. The van der Waals surface area contributed by atoms with Crippen LogP contribution in [0.15, 0.2) is 11.1 Å². The molecule has 0 spiro atoms. The van der Waals surface area contributed by atoms with Crippen molar-refractivity contribution in [1.29, 1.82) is 0 Å². The molecular weight excluding hydrogens is 134 g/mol. The normalized spacial score (nSPS) is 18.5. The van der Waals surface area contributed by atoms with Crippen molar-refractivity contribution in [3.8, 4) is 0 Å². The number of piperidine rings is 1. The van der Waals surface area contributed by atoms with E-state index in [9.17, 15) is 0 Å². The largest absolute Gasteiger partial charge is 0.316 e. The summed E-state index contributed by atoms with van der Waals surface area (Å²) in [6, 6.07) is 0. The predicted octanol–water partition coefficient (Wildman–Crippen LogP) is 2.49. The lowest BCUT2D eigenvalue weighted by Crippen LogP contribution is -2.23. The molecule has 1 heterocycles. The first-order valence-corrected chi connectivity index (χ1v) is 4.79. The number of hydrogen-bond acceptors (Lipinski definition) is 1. The van der Waals surface area contributed by atoms with Gasteiger partial charge in [-0.2, -0.15) is 0 Å². The molecule has 0 atom stereocenters. The topological polar surface area (TPSA) is 12.0 Å². The third-order valence-electron chi connectivity index (χ3n) is 2.56. The molecule has 1 N–H and O–H groups in total. The lowest BCUT2D eigenvalue weighted by molar-refractivity contribution is 0.599. The number of rotatable bonds is 2. The Morgan fingerprint density at radius 3 is 2.18 bits per heavy atom. The predicted molar refractivity (Wildman–Crippen MR) is 49.7 cm³/mol. The third kappa shape index (κ3) is 2.33. The molecule has 0 aromatic heterocycles. The number of nitrogens with one attached hydrogen (secondary N) is 1. The monoisotopic (exact) mass is 153 g/mol. The van der Waals surface area contributed by atoms with E-state index in [2.05, 4.69) is 19.2 Å². The van der Waals surface area contributed by atoms with Gasteiger partial charge in [-0.3, -0.25) is 0 Å². The fraction of sp³-hybridized carbons (Fsp3) is 0.800. The Bertz CT molecular complexity index is 133. The molecule has 0 aromatic rings. The first kappa shape index (κ1) is 8.79. The minimum absolute atomic E-state index is 1.19. The summed E-state index contributed by atoms with van der Waals surface area (Å²) in [5.74, 6) is 0. The lowest BCUT2D eigenvalue weighted by Gasteiger charge is -2.18. The van der Waals surface area contributed by atoms with E-state index in [1.807, 2.05) is 0 Å². The highest BCUT2D eigenvalue weighted by Gasteiger charge is 2.07. The van der Waals surface area contributed by atoms with Crippen LogP contribution in [0.4, 0.5) is 0 Å². The zero-order valence-corrected chi connectivity index (χ0v) is 7.74. The summed E-state index contributed by atoms with van der Waals surface area (Å²) in [7, 11) is 0. The van der Waals surface area contributed by atoms with Gasteiger partial charge in [0.15, 0.2) is 0 Å². The van der Waals surface area contributed by atoms with E-state index in [-0.39, 0.29) is 0 Å². The van der Waals surface area contributed by atoms with E-state index < -0.39 is 0 Å². The van der Waals surface area contributed by atoms with Crippen LogP contribution in [0, 0.1) is 0 Å². The standard InChI is InChI=1S/C10H19N/c1-3-9(4-2)10-5-7-11-8-6-10/h11H,3-8H2,1-2H3. The molecule has 1 saturated heterocycles. The summed E-state index contributed by atoms with van der Waals surface area (Å²) in [6.07, 6.45) is 5.09. The van der Waals surface area contributed by atoms with E-state index in [0.29, 0.717) is 0 Å². The number of hydrogen-bond donors (Lipinski definition) is 1. The average molecular weight is 153 g/mol. The van der Waals surface area contributed by atoms with E-state index in [1.54, 1.807) is 11.1 Å². The van der Waals surface area contributed by atoms with Crippen molar-refractivity contribution in [2.45, 2.75) is 39.5 Å². The molecule has 1 fully saturated rings. The van der Waals surface area contributed by atoms with Gasteiger partial charge in [-0.15, -0.1) is 0 Å². The van der Waals surface area contributed by atoms with Gasteiger partial charge in [0.25, 0.3) is 0 Å². The molecule has 0 aliphatic carbocycles. The second-order valence-corrected chi connectivity index (χ2v) is 3.16. The van der Waals surface area contributed by atoms with Gasteiger partial charge in [-0.1, -0.05) is 25.0 Å². The summed E-state index contributed by atoms with van der Waals surface area (Å²) >= 11 is 0. The molecule has 1 aliphatic heterocycles. The van der Waals surface area contributed by atoms with Gasteiger partial charge in [0.1, 0.15) is 0 Å². The van der Waals surface area contributed by atoms with E-state index >= 15 is 0 Å². The van der Waals surface area contributed by atoms with Crippen LogP contribution in [0.2, 0.25) is 0 Å². The molecule has 1 aliphatic rings. The van der Waals surface area contributed by atoms with Crippen LogP contribution in [-0.4, -0.2) is 13.1 Å². The Labute approximate surface area is 69.9 Å². The molecule has 0 aromatic carbocycles. The zero-order chi connectivity index (χ0) is 8.10. The molecule has 11 heavy (non-hydrogen) atoms. The van der Waals surface area contributed by atoms with E-state index in [0.717, 1.165) is 0 Å². The van der Waals surface area contributed by atoms with Gasteiger partial charge in [0.2, 0.25) is 0 Å². The molecule has 64 valence electrons. The molecule has 1 heteroatoms. The van der Waals surface area contributed by atoms with Gasteiger partial charge in [-0.25, -0.2) is 0 Å². The molecule has 1 rings (SSSR count). The minimum atomic E-state index is 1.19. The molecule has 0 radical (unpaired) electrons. The lowest BCUT2D eigenvalue weighted by atomic mass is 9.96. The second-order valence-electron chi connectivity index (χ2n) is 3.16. The van der Waals surface area contributed by atoms with Crippen LogP contribution in [0.1, 0.15) is 39.5 Å². The van der Waals surface area contributed by atoms with Crippen LogP contribution >= 0.6 is 0 Å². The zero-order valence-electron chi connectivity index (χ0n) is 7.74. The highest BCUT2D eigenvalue weighted by Crippen LogP contribution is 2.20. The second kappa shape index (κ2) is 4.55. The Hall–Kier alpha value is -0.300. The van der Waals surface area contributed by atoms with Crippen molar-refractivity contribution >= 4 is 0 Å². The first-order valence-electron chi connectivity index (χ1n) is 4.79. The van der Waals surface area contributed by atoms with Crippen molar-refractivity contribution in [2.24, 2.45) is 0 Å². The summed E-state index contributed by atoms with van der Waals surface area (Å²) in [5.41, 5.74) is 3.43. The minimum Gasteiger partial charge on any atom is -0.316 e. The summed E-state index contributed by atoms with van der Waals surface area (Å²) in [5, 5.41) is 3.38. The third-order valence-corrected chi connectivity index (χ3v) is 2.56. The maximum atomic E-state index is 3.38. The SMILES string of the molecule is CCC(CC)=C1CCNCC1. The Kier molecular flexibility index (Phi) is 3.64. The van der Waals surface area contributed by atoms with Gasteiger partial charge in [0, 0.05) is 0 Å². The van der Waals surface area contributed by atoms with Crippen LogP contribution in [0.3, 0.4) is 0 Å². The van der Waals surface area contributed by atoms with Gasteiger partial charge < -0.3 is 5.32 Å². The van der Waals surface area contributed by atoms with Crippen molar-refractivity contribution < 1.29 is 0 Å². The molecule has 0 bridgehead atoms. The highest BCUT2D eigenvalue weighted by molar-refractivity contribution is 5.15. The Morgan fingerprint density at radius 1 is 1.18 bits per heavy atom. The molecule has 1 nitrogen and oxygen atoms in total. The fourth-order valence-corrected chi connectivity index (χ4v) is 1.83. The number of allylic oxidation sites excluding steroid dienone is 1. The maximum absolute atomic E-state index is 3.38. The fourth-order valence-electron chi connectivity index (χ4n) is 1.83. The maximum Gasteiger partial charge on any atom is -0.00114 e. The quantitative estimate of drug-likeness (QED) is 0.601. The molecular formula is C10H19N. The van der Waals surface area contributed by atoms with Crippen LogP contribution in [0.5, 0.6) is 0 Å². The van der Waals surface area contributed by atoms with Gasteiger partial charge in [0.05, 0.1) is 0 Å². The molecule has 0 amide bonds. The summed E-state index contributed by atoms with van der Waals surface area (Å²) < 4.78 is 0. The van der Waals surface area contributed by atoms with Crippen molar-refractivity contribution in [1.82, 2.24) is 5.32 Å². The summed E-state index contributed by atoms with van der Waals surface area (Å²) in [4.78, 5) is 0. The average Bonchev–Trinajstić information content (AvgIpc) is 2.09. The summed E-state index contributed by atoms with van der Waals surface area (Å²) in [6.45, 7) is 6.93. The van der Waals surface area contributed by atoms with E-state index in [1.165, 1.54) is 38.8 Å². The highest BCUT2D eigenvalue weighted by atomic mass is 14.9. The van der Waals surface area contributed by atoms with Crippen molar-refractivity contribution in [3.63, 3.8) is 0 Å². The van der Waals surface area contributed by atoms with Crippen molar-refractivity contribution in [3.05, 3.63) is 11.1 Å². The van der Waals surface area contributed by atoms with Crippen LogP contribution in [0.25, 0.3) is 0 Å². The Balaban J connectivity index is 2.57. The van der Waals surface area contributed by atoms with Gasteiger partial charge in [-0.05, 0) is 38.8 Å². The molecule has 0 unspecified atom stereocenters. The van der Waals surface area contributed by atoms with Crippen LogP contribution in [-0.2, 0) is 0 Å². The van der Waals surface area contributed by atoms with E-state index in [4.69, 9.17) is 0 Å². The first-order chi connectivity index (χ1) is 5.38.